The first-order valence-electron chi connectivity index (χ1n) is 5.98. The molecule has 4 nitrogen and oxygen atoms in total. The third kappa shape index (κ3) is 10.6. The predicted molar refractivity (Wildman–Crippen MR) is 70.0 cm³/mol. The first-order chi connectivity index (χ1) is 7.70. The van der Waals surface area contributed by atoms with Crippen molar-refractivity contribution in [2.24, 2.45) is 0 Å². The van der Waals surface area contributed by atoms with Gasteiger partial charge < -0.3 is 19.1 Å². The summed E-state index contributed by atoms with van der Waals surface area (Å²) in [5, 5.41) is 0. The highest BCUT2D eigenvalue weighted by Gasteiger charge is 2.03. The molecule has 0 aliphatic heterocycles. The van der Waals surface area contributed by atoms with Gasteiger partial charge in [0.15, 0.2) is 6.29 Å². The lowest BCUT2D eigenvalue weighted by Gasteiger charge is -2.12. The molecule has 0 N–H and O–H groups in total. The largest absolute Gasteiger partial charge is 0.382 e. The summed E-state index contributed by atoms with van der Waals surface area (Å²) in [5.41, 5.74) is 0. The quantitative estimate of drug-likeness (QED) is 0.304. The average Bonchev–Trinajstić information content (AvgIpc) is 2.27. The Bertz CT molecular complexity index is 143. The van der Waals surface area contributed by atoms with E-state index in [1.165, 1.54) is 6.04 Å². The van der Waals surface area contributed by atoms with Crippen molar-refractivity contribution in [2.75, 3.05) is 48.1 Å². The molecule has 0 heterocycles. The number of nitrogens with zero attached hydrogens (tertiary/aromatic N) is 1. The van der Waals surface area contributed by atoms with E-state index in [1.54, 1.807) is 14.2 Å². The Morgan fingerprint density at radius 1 is 1.12 bits per heavy atom. The number of hydrogen-bond donors (Lipinski definition) is 0. The van der Waals surface area contributed by atoms with Gasteiger partial charge in [-0.15, -0.1) is 0 Å². The van der Waals surface area contributed by atoms with E-state index in [4.69, 9.17) is 14.2 Å². The van der Waals surface area contributed by atoms with Crippen LogP contribution in [0, 0.1) is 0 Å². The standard InChI is InChI=1S/C11H27NO3Si/c1-12(2)6-5-7-15-8-9-16-10-11(13-3)14-4/h11H,5-10,16H2,1-4H3. The second-order valence-electron chi connectivity index (χ2n) is 4.17. The van der Waals surface area contributed by atoms with Gasteiger partial charge in [-0.2, -0.15) is 0 Å². The molecule has 0 fully saturated rings. The minimum absolute atomic E-state index is 0.000377. The summed E-state index contributed by atoms with van der Waals surface area (Å²) in [7, 11) is 7.47. The molecule has 0 unspecified atom stereocenters. The molecule has 0 aromatic rings. The molecule has 0 atom stereocenters. The molecular weight excluding hydrogens is 222 g/mol. The highest BCUT2D eigenvalue weighted by molar-refractivity contribution is 6.35. The van der Waals surface area contributed by atoms with Gasteiger partial charge in [0.2, 0.25) is 0 Å². The van der Waals surface area contributed by atoms with Gasteiger partial charge in [-0.1, -0.05) is 0 Å². The molecule has 0 bridgehead atoms. The third-order valence-electron chi connectivity index (χ3n) is 2.40. The lowest BCUT2D eigenvalue weighted by atomic mass is 10.4. The molecule has 5 heteroatoms. The van der Waals surface area contributed by atoms with Crippen LogP contribution in [0.3, 0.4) is 0 Å². The molecule has 0 saturated carbocycles. The Morgan fingerprint density at radius 3 is 2.38 bits per heavy atom. The second kappa shape index (κ2) is 11.5. The van der Waals surface area contributed by atoms with Crippen LogP contribution in [0.1, 0.15) is 6.42 Å². The summed E-state index contributed by atoms with van der Waals surface area (Å²) in [6.45, 7) is 2.89. The van der Waals surface area contributed by atoms with Crippen LogP contribution < -0.4 is 0 Å². The number of ether oxygens (including phenoxy) is 3. The van der Waals surface area contributed by atoms with Gasteiger partial charge in [0.25, 0.3) is 0 Å². The molecule has 0 rings (SSSR count). The molecular formula is C11H27NO3Si. The van der Waals surface area contributed by atoms with Crippen LogP contribution in [-0.4, -0.2) is 68.8 Å². The van der Waals surface area contributed by atoms with E-state index >= 15 is 0 Å². The van der Waals surface area contributed by atoms with E-state index in [1.807, 2.05) is 0 Å². The van der Waals surface area contributed by atoms with E-state index in [9.17, 15) is 0 Å². The molecule has 0 radical (unpaired) electrons. The van der Waals surface area contributed by atoms with E-state index < -0.39 is 0 Å². The zero-order valence-electron chi connectivity index (χ0n) is 11.2. The lowest BCUT2D eigenvalue weighted by molar-refractivity contribution is -0.0876. The van der Waals surface area contributed by atoms with Crippen molar-refractivity contribution < 1.29 is 14.2 Å². The smallest absolute Gasteiger partial charge is 0.153 e. The Hall–Kier alpha value is 0.0569. The van der Waals surface area contributed by atoms with Gasteiger partial charge in [0.05, 0.1) is 0 Å². The monoisotopic (exact) mass is 249 g/mol. The molecule has 0 saturated heterocycles. The highest BCUT2D eigenvalue weighted by Crippen LogP contribution is 1.99. The zero-order chi connectivity index (χ0) is 12.2. The summed E-state index contributed by atoms with van der Waals surface area (Å²) in [6.07, 6.45) is 1.12. The maximum Gasteiger partial charge on any atom is 0.153 e. The van der Waals surface area contributed by atoms with Gasteiger partial charge in [-0.3, -0.25) is 0 Å². The van der Waals surface area contributed by atoms with Crippen molar-refractivity contribution in [1.82, 2.24) is 4.90 Å². The van der Waals surface area contributed by atoms with Crippen LogP contribution in [-0.2, 0) is 14.2 Å². The van der Waals surface area contributed by atoms with Gasteiger partial charge in [-0.05, 0) is 39.1 Å². The Labute approximate surface area is 102 Å². The SMILES string of the molecule is COC(C[SiH2]CCOCCCN(C)C)OC. The third-order valence-corrected chi connectivity index (χ3v) is 4.07. The summed E-state index contributed by atoms with van der Waals surface area (Å²) >= 11 is 0. The molecule has 0 aliphatic carbocycles. The molecule has 0 amide bonds. The van der Waals surface area contributed by atoms with Crippen LogP contribution in [0.25, 0.3) is 0 Å². The summed E-state index contributed by atoms with van der Waals surface area (Å²) in [5.74, 6) is 0. The molecule has 0 aliphatic rings. The van der Waals surface area contributed by atoms with Crippen LogP contribution >= 0.6 is 0 Å². The number of rotatable bonds is 11. The zero-order valence-corrected chi connectivity index (χ0v) is 12.6. The van der Waals surface area contributed by atoms with Crippen LogP contribution in [0.4, 0.5) is 0 Å². The van der Waals surface area contributed by atoms with Crippen LogP contribution in [0.15, 0.2) is 0 Å². The molecule has 0 aromatic heterocycles. The minimum Gasteiger partial charge on any atom is -0.382 e. The van der Waals surface area contributed by atoms with Crippen molar-refractivity contribution in [3.63, 3.8) is 0 Å². The van der Waals surface area contributed by atoms with Crippen molar-refractivity contribution >= 4 is 9.52 Å². The van der Waals surface area contributed by atoms with Gasteiger partial charge in [-0.25, -0.2) is 0 Å². The Kier molecular flexibility index (Phi) is 11.6. The number of hydrogen-bond acceptors (Lipinski definition) is 4. The molecule has 16 heavy (non-hydrogen) atoms. The number of methoxy groups -OCH3 is 2. The predicted octanol–water partition coefficient (Wildman–Crippen LogP) is 0.579. The fourth-order valence-electron chi connectivity index (χ4n) is 1.43. The normalized spacial score (nSPS) is 12.4. The fraction of sp³-hybridized carbons (Fsp3) is 1.00. The summed E-state index contributed by atoms with van der Waals surface area (Å²) < 4.78 is 15.8. The van der Waals surface area contributed by atoms with Crippen molar-refractivity contribution in [3.05, 3.63) is 0 Å². The van der Waals surface area contributed by atoms with Crippen LogP contribution in [0.5, 0.6) is 0 Å². The highest BCUT2D eigenvalue weighted by atomic mass is 28.2. The minimum atomic E-state index is -0.0934. The van der Waals surface area contributed by atoms with E-state index in [0.29, 0.717) is 0 Å². The van der Waals surface area contributed by atoms with E-state index in [0.717, 1.165) is 32.2 Å². The molecule has 98 valence electrons. The van der Waals surface area contributed by atoms with Crippen molar-refractivity contribution in [2.45, 2.75) is 24.8 Å². The first kappa shape index (κ1) is 16.1. The van der Waals surface area contributed by atoms with Crippen molar-refractivity contribution in [3.8, 4) is 0 Å². The molecule has 0 aromatic carbocycles. The average molecular weight is 249 g/mol. The lowest BCUT2D eigenvalue weighted by Crippen LogP contribution is -2.16. The Morgan fingerprint density at radius 2 is 1.81 bits per heavy atom. The van der Waals surface area contributed by atoms with Crippen LogP contribution in [0.2, 0.25) is 12.1 Å². The van der Waals surface area contributed by atoms with Gasteiger partial charge >= 0.3 is 0 Å². The van der Waals surface area contributed by atoms with E-state index in [-0.39, 0.29) is 15.8 Å². The van der Waals surface area contributed by atoms with Gasteiger partial charge in [0, 0.05) is 37.0 Å². The fourth-order valence-corrected chi connectivity index (χ4v) is 2.93. The summed E-state index contributed by atoms with van der Waals surface area (Å²) in [6, 6.07) is 2.29. The second-order valence-corrected chi connectivity index (χ2v) is 6.16. The van der Waals surface area contributed by atoms with E-state index in [2.05, 4.69) is 19.0 Å². The maximum absolute atomic E-state index is 5.56. The Balaban J connectivity index is 3.09. The maximum atomic E-state index is 5.56. The summed E-state index contributed by atoms with van der Waals surface area (Å²) in [4.78, 5) is 2.18. The molecule has 0 spiro atoms. The van der Waals surface area contributed by atoms with Gasteiger partial charge in [0.1, 0.15) is 0 Å². The topological polar surface area (TPSA) is 30.9 Å². The first-order valence-corrected chi connectivity index (χ1v) is 7.98. The van der Waals surface area contributed by atoms with Crippen molar-refractivity contribution in [1.29, 1.82) is 0 Å².